The highest BCUT2D eigenvalue weighted by atomic mass is 35.5. The van der Waals surface area contributed by atoms with Crippen molar-refractivity contribution in [1.82, 2.24) is 10.2 Å². The van der Waals surface area contributed by atoms with Gasteiger partial charge in [0.05, 0.1) is 22.0 Å². The molecule has 2 fully saturated rings. The summed E-state index contributed by atoms with van der Waals surface area (Å²) in [5.41, 5.74) is 0.855. The maximum Gasteiger partial charge on any atom is 0.231 e. The summed E-state index contributed by atoms with van der Waals surface area (Å²) in [6.45, 7) is -5.02. The Morgan fingerprint density at radius 1 is 1.10 bits per heavy atom. The number of para-hydroxylation sites is 1. The van der Waals surface area contributed by atoms with E-state index in [2.05, 4.69) is 5.32 Å². The molecule has 4 nitrogen and oxygen atoms in total. The van der Waals surface area contributed by atoms with Gasteiger partial charge in [-0.25, -0.2) is 0 Å². The Labute approximate surface area is 193 Å². The van der Waals surface area contributed by atoms with Crippen LogP contribution in [0.4, 0.5) is 11.4 Å². The average molecular weight is 452 g/mol. The van der Waals surface area contributed by atoms with Crippen LogP contribution in [0.3, 0.4) is 0 Å². The molecule has 1 amide bonds. The molecular formula is C22H24ClN3OS2. The number of anilines is 2. The van der Waals surface area contributed by atoms with Crippen molar-refractivity contribution in [1.29, 1.82) is 0 Å². The fourth-order valence-electron chi connectivity index (χ4n) is 3.79. The number of halogens is 1. The van der Waals surface area contributed by atoms with Crippen LogP contribution in [0.2, 0.25) is 5.02 Å². The number of carbonyl (C=O) groups excluding carboxylic acids is 1. The molecule has 0 atom stereocenters. The maximum absolute atomic E-state index is 11.7. The first kappa shape index (κ1) is 13.9. The van der Waals surface area contributed by atoms with E-state index in [4.69, 9.17) is 19.8 Å². The number of likely N-dealkylation sites (tertiary alicyclic amines) is 1. The van der Waals surface area contributed by atoms with Crippen molar-refractivity contribution in [3.8, 4) is 0 Å². The molecule has 29 heavy (non-hydrogen) atoms. The molecule has 2 saturated heterocycles. The highest BCUT2D eigenvalue weighted by Crippen LogP contribution is 2.48. The summed E-state index contributed by atoms with van der Waals surface area (Å²) < 4.78 is 53.6. The first-order chi connectivity index (χ1) is 16.4. The Balaban J connectivity index is 1.50. The van der Waals surface area contributed by atoms with E-state index in [0.717, 1.165) is 4.90 Å². The Bertz CT molecular complexity index is 1180. The van der Waals surface area contributed by atoms with Gasteiger partial charge in [-0.2, -0.15) is 0 Å². The third-order valence-corrected chi connectivity index (χ3v) is 8.12. The van der Waals surface area contributed by atoms with Gasteiger partial charge in [0, 0.05) is 42.6 Å². The molecule has 0 radical (unpaired) electrons. The summed E-state index contributed by atoms with van der Waals surface area (Å²) in [6.07, 6.45) is -2.03. The molecule has 2 aromatic carbocycles. The van der Waals surface area contributed by atoms with Crippen LogP contribution in [0.25, 0.3) is 0 Å². The van der Waals surface area contributed by atoms with Crippen LogP contribution in [-0.2, 0) is 4.79 Å². The quantitative estimate of drug-likeness (QED) is 0.708. The molecule has 0 aliphatic carbocycles. The molecule has 3 aliphatic rings. The third-order valence-electron chi connectivity index (χ3n) is 5.29. The Morgan fingerprint density at radius 2 is 1.90 bits per heavy atom. The smallest absolute Gasteiger partial charge is 0.231 e. The number of nitrogens with zero attached hydrogens (tertiary/aromatic N) is 2. The minimum Gasteiger partial charge on any atom is -0.341 e. The van der Waals surface area contributed by atoms with Crippen LogP contribution in [0.15, 0.2) is 52.3 Å². The second-order valence-corrected chi connectivity index (χ2v) is 10.1. The van der Waals surface area contributed by atoms with Gasteiger partial charge in [0.15, 0.2) is 0 Å². The van der Waals surface area contributed by atoms with Crippen molar-refractivity contribution in [3.05, 3.63) is 47.5 Å². The number of nitrogens with one attached hydrogen (secondary N) is 1. The zero-order valence-corrected chi connectivity index (χ0v) is 18.0. The Hall–Kier alpha value is -1.34. The normalized spacial score (nSPS) is 25.0. The van der Waals surface area contributed by atoms with E-state index in [1.807, 2.05) is 12.1 Å². The van der Waals surface area contributed by atoms with Gasteiger partial charge in [-0.05, 0) is 56.0 Å². The number of piperidine rings is 1. The van der Waals surface area contributed by atoms with E-state index < -0.39 is 24.2 Å². The van der Waals surface area contributed by atoms with Crippen LogP contribution < -0.4 is 10.2 Å². The zero-order chi connectivity index (χ0) is 25.2. The lowest BCUT2D eigenvalue weighted by Gasteiger charge is -2.39. The molecule has 3 heterocycles. The maximum atomic E-state index is 11.7. The molecule has 152 valence electrons. The Kier molecular flexibility index (Phi) is 3.85. The lowest BCUT2D eigenvalue weighted by molar-refractivity contribution is -0.119. The first-order valence-electron chi connectivity index (χ1n) is 12.4. The minimum atomic E-state index is -2.95. The second-order valence-electron chi connectivity index (χ2n) is 7.18. The van der Waals surface area contributed by atoms with Crippen LogP contribution >= 0.6 is 35.1 Å². The third kappa shape index (κ3) is 4.00. The van der Waals surface area contributed by atoms with Gasteiger partial charge < -0.3 is 15.1 Å². The van der Waals surface area contributed by atoms with Crippen LogP contribution in [0.5, 0.6) is 0 Å². The number of hydrogen-bond donors (Lipinski definition) is 1. The summed E-state index contributed by atoms with van der Waals surface area (Å²) >= 11 is 9.19. The van der Waals surface area contributed by atoms with Crippen molar-refractivity contribution in [2.45, 2.75) is 33.9 Å². The lowest BCUT2D eigenvalue weighted by Crippen LogP contribution is -2.49. The van der Waals surface area contributed by atoms with Crippen molar-refractivity contribution in [2.24, 2.45) is 0 Å². The molecule has 0 unspecified atom stereocenters. The average Bonchev–Trinajstić information content (AvgIpc) is 3.17. The van der Waals surface area contributed by atoms with Crippen LogP contribution in [-0.4, -0.2) is 47.5 Å². The number of amides is 1. The molecular weight excluding hydrogens is 422 g/mol. The number of hydrogen-bond acceptors (Lipinski definition) is 5. The number of rotatable bonds is 4. The van der Waals surface area contributed by atoms with E-state index in [1.54, 1.807) is 30.3 Å². The van der Waals surface area contributed by atoms with Gasteiger partial charge in [0.1, 0.15) is 0 Å². The molecule has 1 spiro atoms. The highest BCUT2D eigenvalue weighted by molar-refractivity contribution is 8.01. The van der Waals surface area contributed by atoms with Gasteiger partial charge in [-0.3, -0.25) is 4.79 Å². The fourth-order valence-corrected chi connectivity index (χ4v) is 6.13. The number of benzene rings is 2. The SMILES string of the molecule is [2H]C([2H])(N1CCC2(CC1)NC(=O)CS2)C([2H])([2H])C([2H])([2H])N1c2ccccc2Sc2ccc(Cl)cc21. The predicted molar refractivity (Wildman–Crippen MR) is 123 cm³/mol. The summed E-state index contributed by atoms with van der Waals surface area (Å²) in [5.74, 6) is 0.321. The van der Waals surface area contributed by atoms with E-state index in [-0.39, 0.29) is 19.0 Å². The predicted octanol–water partition coefficient (Wildman–Crippen LogP) is 4.99. The van der Waals surface area contributed by atoms with Crippen molar-refractivity contribution >= 4 is 52.4 Å². The topological polar surface area (TPSA) is 35.6 Å². The van der Waals surface area contributed by atoms with Gasteiger partial charge in [0.25, 0.3) is 0 Å². The minimum absolute atomic E-state index is 0.0444. The summed E-state index contributed by atoms with van der Waals surface area (Å²) in [6, 6.07) is 12.2. The van der Waals surface area contributed by atoms with Crippen molar-refractivity contribution in [3.63, 3.8) is 0 Å². The monoisotopic (exact) mass is 451 g/mol. The van der Waals surface area contributed by atoms with Gasteiger partial charge in [-0.1, -0.05) is 35.5 Å². The van der Waals surface area contributed by atoms with Crippen LogP contribution in [0.1, 0.15) is 27.4 Å². The molecule has 3 aliphatic heterocycles. The summed E-state index contributed by atoms with van der Waals surface area (Å²) in [4.78, 5) is 15.4. The molecule has 2 aromatic rings. The van der Waals surface area contributed by atoms with E-state index in [9.17, 15) is 4.79 Å². The number of fused-ring (bicyclic) bond motifs is 2. The fraction of sp³-hybridized carbons (Fsp3) is 0.409. The summed E-state index contributed by atoms with van der Waals surface area (Å²) in [5, 5.41) is 3.35. The second kappa shape index (κ2) is 8.06. The van der Waals surface area contributed by atoms with E-state index in [1.165, 1.54) is 33.3 Å². The Morgan fingerprint density at radius 3 is 2.69 bits per heavy atom. The largest absolute Gasteiger partial charge is 0.341 e. The molecule has 0 saturated carbocycles. The molecule has 1 N–H and O–H groups in total. The van der Waals surface area contributed by atoms with E-state index in [0.29, 0.717) is 39.9 Å². The molecule has 5 rings (SSSR count). The van der Waals surface area contributed by atoms with Crippen molar-refractivity contribution < 1.29 is 13.0 Å². The van der Waals surface area contributed by atoms with Gasteiger partial charge in [-0.15, -0.1) is 11.8 Å². The highest BCUT2D eigenvalue weighted by Gasteiger charge is 2.40. The van der Waals surface area contributed by atoms with Crippen LogP contribution in [0, 0.1) is 0 Å². The number of carbonyl (C=O) groups is 1. The van der Waals surface area contributed by atoms with Gasteiger partial charge in [0.2, 0.25) is 5.91 Å². The zero-order valence-electron chi connectivity index (χ0n) is 21.6. The number of thioether (sulfide) groups is 1. The van der Waals surface area contributed by atoms with E-state index >= 15 is 0 Å². The molecule has 0 aromatic heterocycles. The first-order valence-corrected chi connectivity index (χ1v) is 11.6. The summed E-state index contributed by atoms with van der Waals surface area (Å²) in [7, 11) is 0. The molecule has 7 heteroatoms. The standard InChI is InChI=1S/C22H24ClN3OS2/c23-16-6-7-20-18(14-16)26(17-4-1-2-5-19(17)29-20)11-3-10-25-12-8-22(9-13-25)24-21(27)15-28-22/h1-2,4-7,14H,3,8-13,15H2,(H,24,27)/i3D2,10D2,11D2. The van der Waals surface area contributed by atoms with Gasteiger partial charge >= 0.3 is 0 Å². The molecule has 0 bridgehead atoms. The van der Waals surface area contributed by atoms with Crippen molar-refractivity contribution in [2.75, 3.05) is 36.7 Å². The lowest BCUT2D eigenvalue weighted by atomic mass is 10.0.